The highest BCUT2D eigenvalue weighted by Crippen LogP contribution is 2.67. The van der Waals surface area contributed by atoms with Gasteiger partial charge in [-0.1, -0.05) is 20.8 Å². The zero-order chi connectivity index (χ0) is 9.69. The van der Waals surface area contributed by atoms with E-state index in [-0.39, 0.29) is 0 Å². The Hall–Kier alpha value is -0.530. The molecule has 2 heteroatoms. The molecule has 0 radical (unpaired) electrons. The zero-order valence-corrected chi connectivity index (χ0v) is 8.75. The van der Waals surface area contributed by atoms with E-state index < -0.39 is 0 Å². The summed E-state index contributed by atoms with van der Waals surface area (Å²) < 4.78 is 0. The molecule has 2 saturated carbocycles. The molecule has 2 aliphatic carbocycles. The van der Waals surface area contributed by atoms with Crippen molar-refractivity contribution in [3.05, 3.63) is 0 Å². The van der Waals surface area contributed by atoms with E-state index >= 15 is 0 Å². The predicted octanol–water partition coefficient (Wildman–Crippen LogP) is 2.91. The van der Waals surface area contributed by atoms with E-state index in [9.17, 15) is 0 Å². The van der Waals surface area contributed by atoms with Crippen LogP contribution in [0.15, 0.2) is 5.16 Å². The van der Waals surface area contributed by atoms with Gasteiger partial charge < -0.3 is 5.21 Å². The third-order valence-electron chi connectivity index (χ3n) is 5.11. The summed E-state index contributed by atoms with van der Waals surface area (Å²) in [5, 5.41) is 11.8. The van der Waals surface area contributed by atoms with Gasteiger partial charge in [-0.2, -0.15) is 0 Å². The van der Waals surface area contributed by atoms with Crippen LogP contribution in [-0.4, -0.2) is 11.4 Å². The highest BCUT2D eigenvalue weighted by molar-refractivity contribution is 5.62. The van der Waals surface area contributed by atoms with Crippen LogP contribution in [0.3, 0.4) is 0 Å². The van der Waals surface area contributed by atoms with Crippen LogP contribution < -0.4 is 0 Å². The summed E-state index contributed by atoms with van der Waals surface area (Å²) >= 11 is 0. The molecule has 2 rings (SSSR count). The second kappa shape index (κ2) is 2.49. The maximum absolute atomic E-state index is 8.61. The van der Waals surface area contributed by atoms with Crippen LogP contribution in [0.4, 0.5) is 0 Å². The molecule has 0 aromatic heterocycles. The average Bonchev–Trinajstić information content (AvgIpc) is 2.37. The van der Waals surface area contributed by atoms with Gasteiger partial charge in [-0.3, -0.25) is 0 Å². The van der Waals surface area contributed by atoms with E-state index in [2.05, 4.69) is 25.9 Å². The van der Waals surface area contributed by atoms with Crippen molar-refractivity contribution in [1.82, 2.24) is 0 Å². The SMILES string of the molecule is CC1(C)[C@@H]2CC[C@]1(C)C(C=NO)C2. The lowest BCUT2D eigenvalue weighted by molar-refractivity contribution is 0.131. The maximum atomic E-state index is 8.61. The molecule has 3 atom stereocenters. The highest BCUT2D eigenvalue weighted by atomic mass is 16.4. The Bertz CT molecular complexity index is 246. The Labute approximate surface area is 80.0 Å². The van der Waals surface area contributed by atoms with Crippen molar-refractivity contribution in [2.24, 2.45) is 27.8 Å². The fraction of sp³-hybridized carbons (Fsp3) is 0.909. The number of hydrogen-bond acceptors (Lipinski definition) is 2. The molecule has 0 heterocycles. The molecule has 0 amide bonds. The Morgan fingerprint density at radius 1 is 1.38 bits per heavy atom. The number of fused-ring (bicyclic) bond motifs is 2. The van der Waals surface area contributed by atoms with Crippen molar-refractivity contribution < 1.29 is 5.21 Å². The summed E-state index contributed by atoms with van der Waals surface area (Å²) in [6.45, 7) is 7.10. The van der Waals surface area contributed by atoms with E-state index in [0.29, 0.717) is 16.7 Å². The van der Waals surface area contributed by atoms with Crippen LogP contribution in [-0.2, 0) is 0 Å². The van der Waals surface area contributed by atoms with Gasteiger partial charge >= 0.3 is 0 Å². The van der Waals surface area contributed by atoms with Crippen LogP contribution in [0.25, 0.3) is 0 Å². The van der Waals surface area contributed by atoms with Gasteiger partial charge in [0.15, 0.2) is 0 Å². The lowest BCUT2D eigenvalue weighted by atomic mass is 9.67. The lowest BCUT2D eigenvalue weighted by Crippen LogP contribution is -2.32. The fourth-order valence-corrected chi connectivity index (χ4v) is 3.57. The topological polar surface area (TPSA) is 32.6 Å². The Morgan fingerprint density at radius 3 is 2.46 bits per heavy atom. The van der Waals surface area contributed by atoms with Gasteiger partial charge in [-0.25, -0.2) is 0 Å². The number of rotatable bonds is 1. The van der Waals surface area contributed by atoms with Crippen molar-refractivity contribution >= 4 is 6.21 Å². The molecule has 74 valence electrons. The number of nitrogens with zero attached hydrogens (tertiary/aromatic N) is 1. The fourth-order valence-electron chi connectivity index (χ4n) is 3.57. The first-order valence-electron chi connectivity index (χ1n) is 5.20. The Morgan fingerprint density at radius 2 is 2.08 bits per heavy atom. The molecule has 2 bridgehead atoms. The zero-order valence-electron chi connectivity index (χ0n) is 8.75. The van der Waals surface area contributed by atoms with Crippen molar-refractivity contribution in [3.8, 4) is 0 Å². The normalized spacial score (nSPS) is 47.6. The second-order valence-electron chi connectivity index (χ2n) is 5.48. The second-order valence-corrected chi connectivity index (χ2v) is 5.48. The van der Waals surface area contributed by atoms with E-state index in [4.69, 9.17) is 5.21 Å². The summed E-state index contributed by atoms with van der Waals surface area (Å²) in [6, 6.07) is 0. The molecule has 2 aliphatic rings. The molecule has 2 fully saturated rings. The molecular formula is C11H19NO. The van der Waals surface area contributed by atoms with Crippen LogP contribution in [0.1, 0.15) is 40.0 Å². The summed E-state index contributed by atoms with van der Waals surface area (Å²) in [5.74, 6) is 1.33. The van der Waals surface area contributed by atoms with Gasteiger partial charge in [-0.05, 0) is 36.0 Å². The average molecular weight is 181 g/mol. The Balaban J connectivity index is 2.32. The molecule has 0 aliphatic heterocycles. The maximum Gasteiger partial charge on any atom is 0.0472 e. The molecule has 0 saturated heterocycles. The third-order valence-corrected chi connectivity index (χ3v) is 5.11. The third kappa shape index (κ3) is 0.918. The summed E-state index contributed by atoms with van der Waals surface area (Å²) in [7, 11) is 0. The Kier molecular flexibility index (Phi) is 1.73. The van der Waals surface area contributed by atoms with Gasteiger partial charge in [0.1, 0.15) is 0 Å². The van der Waals surface area contributed by atoms with E-state index in [1.165, 1.54) is 19.3 Å². The van der Waals surface area contributed by atoms with Gasteiger partial charge in [0.25, 0.3) is 0 Å². The first-order valence-corrected chi connectivity index (χ1v) is 5.20. The van der Waals surface area contributed by atoms with Crippen molar-refractivity contribution in [2.75, 3.05) is 0 Å². The quantitative estimate of drug-likeness (QED) is 0.376. The largest absolute Gasteiger partial charge is 0.411 e. The lowest BCUT2D eigenvalue weighted by Gasteiger charge is -2.37. The summed E-state index contributed by atoms with van der Waals surface area (Å²) in [4.78, 5) is 0. The molecule has 2 nitrogen and oxygen atoms in total. The van der Waals surface area contributed by atoms with E-state index in [0.717, 1.165) is 5.92 Å². The first-order chi connectivity index (χ1) is 6.02. The minimum Gasteiger partial charge on any atom is -0.411 e. The smallest absolute Gasteiger partial charge is 0.0472 e. The van der Waals surface area contributed by atoms with Gasteiger partial charge in [0.2, 0.25) is 0 Å². The van der Waals surface area contributed by atoms with Crippen LogP contribution in [0.2, 0.25) is 0 Å². The van der Waals surface area contributed by atoms with E-state index in [1.807, 2.05) is 0 Å². The molecule has 13 heavy (non-hydrogen) atoms. The number of oxime groups is 1. The van der Waals surface area contributed by atoms with Crippen LogP contribution in [0.5, 0.6) is 0 Å². The molecule has 1 N–H and O–H groups in total. The van der Waals surface area contributed by atoms with Crippen LogP contribution >= 0.6 is 0 Å². The molecule has 0 aromatic carbocycles. The summed E-state index contributed by atoms with van der Waals surface area (Å²) in [6.07, 6.45) is 5.62. The van der Waals surface area contributed by atoms with Crippen molar-refractivity contribution in [1.29, 1.82) is 0 Å². The minimum atomic E-state index is 0.365. The summed E-state index contributed by atoms with van der Waals surface area (Å²) in [5.41, 5.74) is 0.794. The first kappa shape index (κ1) is 9.04. The van der Waals surface area contributed by atoms with Crippen LogP contribution in [0, 0.1) is 22.7 Å². The number of hydrogen-bond donors (Lipinski definition) is 1. The monoisotopic (exact) mass is 181 g/mol. The van der Waals surface area contributed by atoms with Gasteiger partial charge in [0.05, 0.1) is 0 Å². The van der Waals surface area contributed by atoms with Crippen molar-refractivity contribution in [3.63, 3.8) is 0 Å². The molecule has 0 spiro atoms. The van der Waals surface area contributed by atoms with Gasteiger partial charge in [-0.15, -0.1) is 5.16 Å². The predicted molar refractivity (Wildman–Crippen MR) is 53.0 cm³/mol. The molecule has 0 aromatic rings. The standard InChI is InChI=1S/C11H19NO/c1-10(2)8-4-5-11(10,3)9(6-8)7-12-13/h7-9,13H,4-6H2,1-3H3/t8-,9?,11-/m1/s1. The van der Waals surface area contributed by atoms with E-state index in [1.54, 1.807) is 6.21 Å². The van der Waals surface area contributed by atoms with Crippen molar-refractivity contribution in [2.45, 2.75) is 40.0 Å². The molecule has 1 unspecified atom stereocenters. The van der Waals surface area contributed by atoms with Gasteiger partial charge in [0, 0.05) is 12.1 Å². The minimum absolute atomic E-state index is 0.365. The highest BCUT2D eigenvalue weighted by Gasteiger charge is 2.60. The molecular weight excluding hydrogens is 162 g/mol.